The fourth-order valence-corrected chi connectivity index (χ4v) is 2.25. The van der Waals surface area contributed by atoms with Crippen LogP contribution in [0.2, 0.25) is 0 Å². The molecule has 20 heavy (non-hydrogen) atoms. The van der Waals surface area contributed by atoms with Crippen LogP contribution in [0, 0.1) is 6.92 Å². The average molecular weight is 349 g/mol. The van der Waals surface area contributed by atoms with Crippen LogP contribution in [0.25, 0.3) is 0 Å². The minimum absolute atomic E-state index is 0.00953. The molecule has 0 atom stereocenters. The second kappa shape index (κ2) is 5.01. The zero-order valence-corrected chi connectivity index (χ0v) is 12.3. The van der Waals surface area contributed by atoms with Gasteiger partial charge in [0.05, 0.1) is 16.9 Å². The van der Waals surface area contributed by atoms with Crippen LogP contribution in [0.4, 0.5) is 30.4 Å². The quantitative estimate of drug-likeness (QED) is 0.866. The smallest absolute Gasteiger partial charge is 0.394 e. The molecule has 8 heteroatoms. The van der Waals surface area contributed by atoms with Crippen LogP contribution < -0.4 is 11.1 Å². The van der Waals surface area contributed by atoms with Crippen molar-refractivity contribution in [2.24, 2.45) is 7.05 Å². The topological polar surface area (TPSA) is 55.9 Å². The first kappa shape index (κ1) is 14.7. The van der Waals surface area contributed by atoms with E-state index in [1.54, 1.807) is 14.0 Å². The van der Waals surface area contributed by atoms with Gasteiger partial charge >= 0.3 is 6.18 Å². The zero-order valence-electron chi connectivity index (χ0n) is 10.7. The number of halogens is 4. The number of hydrogen-bond acceptors (Lipinski definition) is 3. The Bertz CT molecular complexity index is 649. The third kappa shape index (κ3) is 2.74. The Kier molecular flexibility index (Phi) is 3.68. The third-order valence-electron chi connectivity index (χ3n) is 2.80. The van der Waals surface area contributed by atoms with Gasteiger partial charge in [-0.2, -0.15) is 18.3 Å². The molecule has 0 radical (unpaired) electrons. The highest BCUT2D eigenvalue weighted by molar-refractivity contribution is 9.10. The van der Waals surface area contributed by atoms with E-state index < -0.39 is 11.7 Å². The third-order valence-corrected chi connectivity index (χ3v) is 3.49. The van der Waals surface area contributed by atoms with Gasteiger partial charge in [0.1, 0.15) is 0 Å². The molecule has 0 aliphatic carbocycles. The van der Waals surface area contributed by atoms with Gasteiger partial charge in [0.2, 0.25) is 0 Å². The molecule has 3 N–H and O–H groups in total. The van der Waals surface area contributed by atoms with E-state index in [1.807, 2.05) is 0 Å². The fourth-order valence-electron chi connectivity index (χ4n) is 1.78. The van der Waals surface area contributed by atoms with Gasteiger partial charge in [0.25, 0.3) is 0 Å². The largest absolute Gasteiger partial charge is 0.417 e. The lowest BCUT2D eigenvalue weighted by Crippen LogP contribution is -2.07. The number of aromatic nitrogens is 2. The van der Waals surface area contributed by atoms with Gasteiger partial charge in [-0.15, -0.1) is 0 Å². The SMILES string of the molecule is Cc1nn(C)c(Nc2ccc(Br)c(C(F)(F)F)c2)c1N. The van der Waals surface area contributed by atoms with Crippen molar-refractivity contribution >= 4 is 33.1 Å². The number of anilines is 3. The van der Waals surface area contributed by atoms with Gasteiger partial charge in [-0.05, 0) is 25.1 Å². The maximum Gasteiger partial charge on any atom is 0.417 e. The van der Waals surface area contributed by atoms with Crippen LogP contribution >= 0.6 is 15.9 Å². The first-order valence-electron chi connectivity index (χ1n) is 5.63. The van der Waals surface area contributed by atoms with E-state index in [1.165, 1.54) is 16.8 Å². The normalized spacial score (nSPS) is 11.7. The lowest BCUT2D eigenvalue weighted by molar-refractivity contribution is -0.138. The monoisotopic (exact) mass is 348 g/mol. The summed E-state index contributed by atoms with van der Waals surface area (Å²) in [6.07, 6.45) is -4.43. The minimum Gasteiger partial charge on any atom is -0.394 e. The zero-order chi connectivity index (χ0) is 15.1. The van der Waals surface area contributed by atoms with E-state index in [0.29, 0.717) is 17.2 Å². The second-order valence-electron chi connectivity index (χ2n) is 4.29. The van der Waals surface area contributed by atoms with Crippen molar-refractivity contribution in [3.63, 3.8) is 0 Å². The lowest BCUT2D eigenvalue weighted by Gasteiger charge is -2.13. The minimum atomic E-state index is -4.43. The first-order chi connectivity index (χ1) is 9.20. The van der Waals surface area contributed by atoms with Crippen molar-refractivity contribution in [3.8, 4) is 0 Å². The Balaban J connectivity index is 2.40. The number of alkyl halides is 3. The van der Waals surface area contributed by atoms with E-state index in [-0.39, 0.29) is 10.2 Å². The van der Waals surface area contributed by atoms with Crippen LogP contribution in [0.1, 0.15) is 11.3 Å². The molecule has 108 valence electrons. The number of nitrogens with two attached hydrogens (primary N) is 1. The summed E-state index contributed by atoms with van der Waals surface area (Å²) in [6.45, 7) is 1.73. The molecule has 0 saturated carbocycles. The molecule has 4 nitrogen and oxygen atoms in total. The van der Waals surface area contributed by atoms with E-state index in [9.17, 15) is 13.2 Å². The van der Waals surface area contributed by atoms with Crippen molar-refractivity contribution in [3.05, 3.63) is 33.9 Å². The molecular weight excluding hydrogens is 337 g/mol. The van der Waals surface area contributed by atoms with Gasteiger partial charge in [-0.3, -0.25) is 4.68 Å². The molecule has 0 aliphatic heterocycles. The summed E-state index contributed by atoms with van der Waals surface area (Å²) in [5, 5.41) is 6.95. The summed E-state index contributed by atoms with van der Waals surface area (Å²) in [5.74, 6) is 0.456. The average Bonchev–Trinajstić information content (AvgIpc) is 2.57. The molecular formula is C12H12BrF3N4. The summed E-state index contributed by atoms with van der Waals surface area (Å²) in [7, 11) is 1.66. The molecule has 0 unspecified atom stereocenters. The Morgan fingerprint density at radius 3 is 2.50 bits per heavy atom. The first-order valence-corrected chi connectivity index (χ1v) is 6.42. The van der Waals surface area contributed by atoms with E-state index in [2.05, 4.69) is 26.3 Å². The summed E-state index contributed by atoms with van der Waals surface area (Å²) < 4.78 is 40.0. The maximum atomic E-state index is 12.8. The van der Waals surface area contributed by atoms with Crippen molar-refractivity contribution in [1.82, 2.24) is 9.78 Å². The molecule has 1 aromatic heterocycles. The summed E-state index contributed by atoms with van der Waals surface area (Å²) >= 11 is 2.89. The van der Waals surface area contributed by atoms with Crippen molar-refractivity contribution in [2.45, 2.75) is 13.1 Å². The van der Waals surface area contributed by atoms with Crippen molar-refractivity contribution < 1.29 is 13.2 Å². The lowest BCUT2D eigenvalue weighted by atomic mass is 10.2. The number of rotatable bonds is 2. The van der Waals surface area contributed by atoms with Gasteiger partial charge in [0.15, 0.2) is 5.82 Å². The number of benzene rings is 1. The molecule has 0 spiro atoms. The van der Waals surface area contributed by atoms with Crippen LogP contribution in [-0.4, -0.2) is 9.78 Å². The van der Waals surface area contributed by atoms with E-state index in [4.69, 9.17) is 5.73 Å². The van der Waals surface area contributed by atoms with Crippen molar-refractivity contribution in [1.29, 1.82) is 0 Å². The maximum absolute atomic E-state index is 12.8. The summed E-state index contributed by atoms with van der Waals surface area (Å²) in [4.78, 5) is 0. The predicted octanol–water partition coefficient (Wildman–Crippen LogP) is 3.84. The molecule has 0 bridgehead atoms. The van der Waals surface area contributed by atoms with Crippen molar-refractivity contribution in [2.75, 3.05) is 11.1 Å². The number of nitrogen functional groups attached to an aromatic ring is 1. The van der Waals surface area contributed by atoms with Gasteiger partial charge in [0, 0.05) is 17.2 Å². The number of nitrogens with one attached hydrogen (secondary N) is 1. The molecule has 0 aliphatic rings. The van der Waals surface area contributed by atoms with Crippen LogP contribution in [0.3, 0.4) is 0 Å². The number of aryl methyl sites for hydroxylation is 2. The summed E-state index contributed by atoms with van der Waals surface area (Å²) in [6, 6.07) is 3.89. The Labute approximate surface area is 121 Å². The standard InChI is InChI=1S/C12H12BrF3N4/c1-6-10(17)11(20(2)19-6)18-7-3-4-9(13)8(5-7)12(14,15)16/h3-5,18H,17H2,1-2H3. The highest BCUT2D eigenvalue weighted by Crippen LogP contribution is 2.37. The Morgan fingerprint density at radius 1 is 1.35 bits per heavy atom. The van der Waals surface area contributed by atoms with Gasteiger partial charge in [-0.1, -0.05) is 15.9 Å². The predicted molar refractivity (Wildman–Crippen MR) is 74.8 cm³/mol. The molecule has 0 fully saturated rings. The molecule has 0 amide bonds. The summed E-state index contributed by atoms with van der Waals surface area (Å²) in [5.41, 5.74) is 6.39. The molecule has 2 rings (SSSR count). The Hall–Kier alpha value is -1.70. The van der Waals surface area contributed by atoms with Crippen LogP contribution in [0.5, 0.6) is 0 Å². The fraction of sp³-hybridized carbons (Fsp3) is 0.250. The molecule has 1 aromatic carbocycles. The van der Waals surface area contributed by atoms with Crippen LogP contribution in [-0.2, 0) is 13.2 Å². The number of nitrogens with zero attached hydrogens (tertiary/aromatic N) is 2. The highest BCUT2D eigenvalue weighted by atomic mass is 79.9. The van der Waals surface area contributed by atoms with Gasteiger partial charge in [-0.25, -0.2) is 0 Å². The van der Waals surface area contributed by atoms with E-state index in [0.717, 1.165) is 6.07 Å². The molecule has 2 aromatic rings. The Morgan fingerprint density at radius 2 is 2.00 bits per heavy atom. The number of hydrogen-bond donors (Lipinski definition) is 2. The highest BCUT2D eigenvalue weighted by Gasteiger charge is 2.33. The van der Waals surface area contributed by atoms with Crippen LogP contribution in [0.15, 0.2) is 22.7 Å². The molecule has 0 saturated heterocycles. The molecule has 1 heterocycles. The van der Waals surface area contributed by atoms with E-state index >= 15 is 0 Å². The van der Waals surface area contributed by atoms with Gasteiger partial charge < -0.3 is 11.1 Å². The second-order valence-corrected chi connectivity index (χ2v) is 5.14.